The molecular formula is C13H16O4. The van der Waals surface area contributed by atoms with E-state index in [-0.39, 0.29) is 17.0 Å². The van der Waals surface area contributed by atoms with Crippen molar-refractivity contribution in [2.45, 2.75) is 27.2 Å². The molecule has 1 aromatic carbocycles. The van der Waals surface area contributed by atoms with E-state index in [0.717, 1.165) is 5.56 Å². The van der Waals surface area contributed by atoms with Crippen molar-refractivity contribution in [1.29, 1.82) is 0 Å². The molecule has 0 heterocycles. The number of hydrogen-bond acceptors (Lipinski definition) is 2. The van der Waals surface area contributed by atoms with E-state index in [1.54, 1.807) is 13.0 Å². The molecule has 0 saturated carbocycles. The molecule has 0 unspecified atom stereocenters. The second-order valence-corrected chi connectivity index (χ2v) is 4.49. The Morgan fingerprint density at radius 3 is 2.18 bits per heavy atom. The lowest BCUT2D eigenvalue weighted by atomic mass is 9.90. The van der Waals surface area contributed by atoms with E-state index in [0.29, 0.717) is 12.0 Å². The second-order valence-electron chi connectivity index (χ2n) is 4.49. The van der Waals surface area contributed by atoms with Gasteiger partial charge >= 0.3 is 11.9 Å². The lowest BCUT2D eigenvalue weighted by Gasteiger charge is -2.14. The lowest BCUT2D eigenvalue weighted by Crippen LogP contribution is -2.14. The predicted octanol–water partition coefficient (Wildman–Crippen LogP) is 2.59. The largest absolute Gasteiger partial charge is 0.478 e. The van der Waals surface area contributed by atoms with Crippen molar-refractivity contribution in [2.24, 2.45) is 5.92 Å². The molecule has 0 aliphatic rings. The summed E-state index contributed by atoms with van der Waals surface area (Å²) in [6.07, 6.45) is 0.564. The normalized spacial score (nSPS) is 10.6. The van der Waals surface area contributed by atoms with Crippen LogP contribution in [0.1, 0.15) is 45.7 Å². The first-order valence-electron chi connectivity index (χ1n) is 5.43. The third-order valence-corrected chi connectivity index (χ3v) is 2.60. The number of aromatic carboxylic acids is 2. The van der Waals surface area contributed by atoms with Gasteiger partial charge in [-0.1, -0.05) is 19.9 Å². The van der Waals surface area contributed by atoms with Gasteiger partial charge in [-0.05, 0) is 36.5 Å². The first kappa shape index (κ1) is 13.2. The summed E-state index contributed by atoms with van der Waals surface area (Å²) in [5, 5.41) is 18.2. The van der Waals surface area contributed by atoms with Crippen LogP contribution in [0, 0.1) is 12.8 Å². The van der Waals surface area contributed by atoms with Gasteiger partial charge in [-0.3, -0.25) is 0 Å². The molecule has 2 N–H and O–H groups in total. The fraction of sp³-hybridized carbons (Fsp3) is 0.385. The highest BCUT2D eigenvalue weighted by Crippen LogP contribution is 2.22. The average molecular weight is 236 g/mol. The first-order valence-corrected chi connectivity index (χ1v) is 5.43. The molecular weight excluding hydrogens is 220 g/mol. The van der Waals surface area contributed by atoms with E-state index >= 15 is 0 Å². The fourth-order valence-electron chi connectivity index (χ4n) is 1.85. The molecule has 4 heteroatoms. The first-order chi connectivity index (χ1) is 7.84. The maximum absolute atomic E-state index is 11.2. The Bertz CT molecular complexity index is 461. The molecule has 0 aromatic heterocycles. The number of carbonyl (C=O) groups is 2. The Morgan fingerprint density at radius 2 is 1.76 bits per heavy atom. The molecule has 0 aliphatic heterocycles. The van der Waals surface area contributed by atoms with Gasteiger partial charge in [0, 0.05) is 0 Å². The topological polar surface area (TPSA) is 74.6 Å². The van der Waals surface area contributed by atoms with Crippen molar-refractivity contribution >= 4 is 11.9 Å². The van der Waals surface area contributed by atoms with Crippen molar-refractivity contribution in [3.05, 3.63) is 34.4 Å². The van der Waals surface area contributed by atoms with Gasteiger partial charge in [0.05, 0.1) is 11.1 Å². The van der Waals surface area contributed by atoms with Crippen LogP contribution in [-0.2, 0) is 6.42 Å². The number of rotatable bonds is 4. The van der Waals surface area contributed by atoms with Crippen LogP contribution in [0.5, 0.6) is 0 Å². The molecule has 92 valence electrons. The maximum Gasteiger partial charge on any atom is 0.336 e. The minimum absolute atomic E-state index is 0.0776. The smallest absolute Gasteiger partial charge is 0.336 e. The van der Waals surface area contributed by atoms with Gasteiger partial charge in [0.2, 0.25) is 0 Å². The lowest BCUT2D eigenvalue weighted by molar-refractivity contribution is 0.0650. The van der Waals surface area contributed by atoms with Crippen LogP contribution >= 0.6 is 0 Å². The van der Waals surface area contributed by atoms with Gasteiger partial charge in [0.1, 0.15) is 0 Å². The Balaban J connectivity index is 3.48. The van der Waals surface area contributed by atoms with Crippen molar-refractivity contribution < 1.29 is 19.8 Å². The molecule has 0 radical (unpaired) electrons. The van der Waals surface area contributed by atoms with Gasteiger partial charge in [-0.15, -0.1) is 0 Å². The molecule has 4 nitrogen and oxygen atoms in total. The Labute approximate surface area is 99.9 Å². The summed E-state index contributed by atoms with van der Waals surface area (Å²) in [4.78, 5) is 22.2. The van der Waals surface area contributed by atoms with Crippen molar-refractivity contribution in [2.75, 3.05) is 0 Å². The minimum atomic E-state index is -1.20. The van der Waals surface area contributed by atoms with Crippen LogP contribution in [0.25, 0.3) is 0 Å². The van der Waals surface area contributed by atoms with E-state index in [1.165, 1.54) is 6.07 Å². The highest BCUT2D eigenvalue weighted by atomic mass is 16.4. The maximum atomic E-state index is 11.2. The molecule has 0 bridgehead atoms. The van der Waals surface area contributed by atoms with Crippen molar-refractivity contribution in [3.63, 3.8) is 0 Å². The third-order valence-electron chi connectivity index (χ3n) is 2.60. The number of benzene rings is 1. The summed E-state index contributed by atoms with van der Waals surface area (Å²) in [7, 11) is 0. The minimum Gasteiger partial charge on any atom is -0.478 e. The van der Waals surface area contributed by atoms with Crippen LogP contribution in [0.2, 0.25) is 0 Å². The van der Waals surface area contributed by atoms with Crippen LogP contribution in [-0.4, -0.2) is 22.2 Å². The number of carboxylic acid groups (broad SMARTS) is 2. The summed E-state index contributed by atoms with van der Waals surface area (Å²) >= 11 is 0. The fourth-order valence-corrected chi connectivity index (χ4v) is 1.85. The standard InChI is InChI=1S/C13H16O4/c1-7(2)6-10-8(3)4-5-9(12(14)15)11(10)13(16)17/h4-5,7H,6H2,1-3H3,(H,14,15)(H,16,17). The third kappa shape index (κ3) is 2.84. The predicted molar refractivity (Wildman–Crippen MR) is 63.6 cm³/mol. The average Bonchev–Trinajstić information content (AvgIpc) is 2.19. The monoisotopic (exact) mass is 236 g/mol. The van der Waals surface area contributed by atoms with Crippen LogP contribution in [0.4, 0.5) is 0 Å². The molecule has 0 amide bonds. The van der Waals surface area contributed by atoms with E-state index < -0.39 is 11.9 Å². The van der Waals surface area contributed by atoms with Gasteiger partial charge in [-0.25, -0.2) is 9.59 Å². The quantitative estimate of drug-likeness (QED) is 0.842. The SMILES string of the molecule is Cc1ccc(C(=O)O)c(C(=O)O)c1CC(C)C. The highest BCUT2D eigenvalue weighted by Gasteiger charge is 2.21. The second kappa shape index (κ2) is 4.99. The Hall–Kier alpha value is -1.84. The zero-order valence-corrected chi connectivity index (χ0v) is 10.2. The van der Waals surface area contributed by atoms with E-state index in [2.05, 4.69) is 0 Å². The molecule has 0 spiro atoms. The van der Waals surface area contributed by atoms with E-state index in [1.807, 2.05) is 13.8 Å². The van der Waals surface area contributed by atoms with Crippen molar-refractivity contribution in [1.82, 2.24) is 0 Å². The van der Waals surface area contributed by atoms with Gasteiger partial charge in [0.25, 0.3) is 0 Å². The van der Waals surface area contributed by atoms with Gasteiger partial charge in [-0.2, -0.15) is 0 Å². The summed E-state index contributed by atoms with van der Waals surface area (Å²) in [5.74, 6) is -2.11. The summed E-state index contributed by atoms with van der Waals surface area (Å²) in [5.41, 5.74) is 1.22. The summed E-state index contributed by atoms with van der Waals surface area (Å²) < 4.78 is 0. The molecule has 1 aromatic rings. The molecule has 17 heavy (non-hydrogen) atoms. The van der Waals surface area contributed by atoms with Gasteiger partial charge < -0.3 is 10.2 Å². The zero-order valence-electron chi connectivity index (χ0n) is 10.2. The summed E-state index contributed by atoms with van der Waals surface area (Å²) in [6, 6.07) is 3.01. The van der Waals surface area contributed by atoms with Crippen LogP contribution in [0.3, 0.4) is 0 Å². The number of aryl methyl sites for hydroxylation is 1. The number of hydrogen-bond donors (Lipinski definition) is 2. The van der Waals surface area contributed by atoms with E-state index in [4.69, 9.17) is 10.2 Å². The van der Waals surface area contributed by atoms with Gasteiger partial charge in [0.15, 0.2) is 0 Å². The summed E-state index contributed by atoms with van der Waals surface area (Å²) in [6.45, 7) is 5.74. The molecule has 0 aliphatic carbocycles. The molecule has 0 atom stereocenters. The van der Waals surface area contributed by atoms with E-state index in [9.17, 15) is 9.59 Å². The van der Waals surface area contributed by atoms with Crippen LogP contribution in [0.15, 0.2) is 12.1 Å². The van der Waals surface area contributed by atoms with Crippen molar-refractivity contribution in [3.8, 4) is 0 Å². The molecule has 0 fully saturated rings. The molecule has 0 saturated heterocycles. The highest BCUT2D eigenvalue weighted by molar-refractivity contribution is 6.03. The zero-order chi connectivity index (χ0) is 13.2. The van der Waals surface area contributed by atoms with Crippen LogP contribution < -0.4 is 0 Å². The molecule has 1 rings (SSSR count). The number of carboxylic acids is 2. The Morgan fingerprint density at radius 1 is 1.18 bits per heavy atom. The Kier molecular flexibility index (Phi) is 3.89.